The lowest BCUT2D eigenvalue weighted by Crippen LogP contribution is -3.00. The monoisotopic (exact) mass is 585 g/mol. The van der Waals surface area contributed by atoms with Crippen LogP contribution in [0.3, 0.4) is 0 Å². The molecule has 1 aliphatic rings. The Morgan fingerprint density at radius 3 is 1.60 bits per heavy atom. The van der Waals surface area contributed by atoms with Crippen molar-refractivity contribution in [1.29, 1.82) is 0 Å². The molecular formula is C28H26ClF6N3O2. The first-order valence-corrected chi connectivity index (χ1v) is 12.2. The molecule has 1 aromatic heterocycles. The van der Waals surface area contributed by atoms with Crippen LogP contribution in [0.25, 0.3) is 0 Å². The molecule has 0 radical (unpaired) electrons. The van der Waals surface area contributed by atoms with Crippen molar-refractivity contribution in [1.82, 2.24) is 10.6 Å². The van der Waals surface area contributed by atoms with Gasteiger partial charge in [-0.1, -0.05) is 0 Å². The van der Waals surface area contributed by atoms with Crippen molar-refractivity contribution in [3.05, 3.63) is 98.9 Å². The summed E-state index contributed by atoms with van der Waals surface area (Å²) in [4.78, 5) is 25.3. The van der Waals surface area contributed by atoms with E-state index in [2.05, 4.69) is 15.2 Å². The molecule has 0 fully saturated rings. The quantitative estimate of drug-likeness (QED) is 0.345. The maximum absolute atomic E-state index is 12.8. The van der Waals surface area contributed by atoms with E-state index < -0.39 is 35.3 Å². The zero-order valence-electron chi connectivity index (χ0n) is 21.6. The van der Waals surface area contributed by atoms with Crippen LogP contribution in [0.4, 0.5) is 26.3 Å². The SMILES string of the molecule is Cc1c(CNC(=O)c2ccc(C(F)(F)F)cc2)c(C)[n+]2c(c1CNC(=O)c1ccc(C(F)(F)F)cc1)CCC2.[Cl-]. The fraction of sp³-hybridized carbons (Fsp3) is 0.321. The zero-order valence-corrected chi connectivity index (χ0v) is 22.3. The lowest BCUT2D eigenvalue weighted by molar-refractivity contribution is -0.697. The lowest BCUT2D eigenvalue weighted by Gasteiger charge is -2.17. The van der Waals surface area contributed by atoms with Crippen molar-refractivity contribution < 1.29 is 52.9 Å². The number of aromatic nitrogens is 1. The summed E-state index contributed by atoms with van der Waals surface area (Å²) >= 11 is 0. The van der Waals surface area contributed by atoms with E-state index in [9.17, 15) is 35.9 Å². The first-order chi connectivity index (χ1) is 18.3. The fourth-order valence-corrected chi connectivity index (χ4v) is 4.85. The van der Waals surface area contributed by atoms with Gasteiger partial charge in [-0.3, -0.25) is 9.59 Å². The average Bonchev–Trinajstić information content (AvgIpc) is 3.37. The minimum atomic E-state index is -4.50. The largest absolute Gasteiger partial charge is 1.00 e. The third-order valence-corrected chi connectivity index (χ3v) is 7.02. The summed E-state index contributed by atoms with van der Waals surface area (Å²) < 4.78 is 79.1. The van der Waals surface area contributed by atoms with E-state index in [0.29, 0.717) is 0 Å². The van der Waals surface area contributed by atoms with Gasteiger partial charge < -0.3 is 23.0 Å². The normalized spacial score (nSPS) is 12.9. The van der Waals surface area contributed by atoms with Gasteiger partial charge in [-0.25, -0.2) is 0 Å². The number of hydrogen-bond acceptors (Lipinski definition) is 2. The molecule has 2 heterocycles. The van der Waals surface area contributed by atoms with Gasteiger partial charge in [0.25, 0.3) is 11.8 Å². The number of alkyl halides is 6. The van der Waals surface area contributed by atoms with Crippen molar-refractivity contribution >= 4 is 11.8 Å². The summed E-state index contributed by atoms with van der Waals surface area (Å²) in [6.07, 6.45) is -7.32. The van der Waals surface area contributed by atoms with Crippen LogP contribution in [0, 0.1) is 13.8 Å². The molecule has 2 aromatic carbocycles. The second kappa shape index (κ2) is 11.9. The molecule has 0 saturated carbocycles. The van der Waals surface area contributed by atoms with Crippen molar-refractivity contribution in [3.63, 3.8) is 0 Å². The highest BCUT2D eigenvalue weighted by atomic mass is 35.5. The van der Waals surface area contributed by atoms with Gasteiger partial charge >= 0.3 is 12.4 Å². The van der Waals surface area contributed by atoms with Crippen LogP contribution >= 0.6 is 0 Å². The first-order valence-electron chi connectivity index (χ1n) is 12.2. The smallest absolute Gasteiger partial charge is 0.416 e. The van der Waals surface area contributed by atoms with E-state index >= 15 is 0 Å². The Kier molecular flexibility index (Phi) is 9.18. The number of pyridine rings is 1. The van der Waals surface area contributed by atoms with Crippen LogP contribution in [0.1, 0.15) is 66.3 Å². The number of fused-ring (bicyclic) bond motifs is 1. The average molecular weight is 586 g/mol. The van der Waals surface area contributed by atoms with Gasteiger partial charge in [-0.2, -0.15) is 30.9 Å². The van der Waals surface area contributed by atoms with Gasteiger partial charge in [0.2, 0.25) is 0 Å². The van der Waals surface area contributed by atoms with E-state index in [4.69, 9.17) is 0 Å². The lowest BCUT2D eigenvalue weighted by atomic mass is 9.98. The number of carbonyl (C=O) groups is 2. The number of nitrogens with one attached hydrogen (secondary N) is 2. The first kappa shape index (κ1) is 30.9. The second-order valence-corrected chi connectivity index (χ2v) is 9.38. The van der Waals surface area contributed by atoms with Crippen molar-refractivity contribution in [2.75, 3.05) is 0 Å². The minimum Gasteiger partial charge on any atom is -1.00 e. The summed E-state index contributed by atoms with van der Waals surface area (Å²) in [6.45, 7) is 4.80. The number of carbonyl (C=O) groups excluding carboxylic acids is 2. The fourth-order valence-electron chi connectivity index (χ4n) is 4.85. The molecule has 2 amide bonds. The molecule has 12 heteroatoms. The summed E-state index contributed by atoms with van der Waals surface area (Å²) in [6, 6.07) is 7.93. The van der Waals surface area contributed by atoms with Gasteiger partial charge in [0.15, 0.2) is 11.4 Å². The molecule has 214 valence electrons. The van der Waals surface area contributed by atoms with E-state index in [-0.39, 0.29) is 36.6 Å². The molecule has 3 aromatic rings. The number of hydrogen-bond donors (Lipinski definition) is 2. The predicted molar refractivity (Wildman–Crippen MR) is 130 cm³/mol. The molecule has 0 saturated heterocycles. The topological polar surface area (TPSA) is 62.1 Å². The van der Waals surface area contributed by atoms with Gasteiger partial charge in [0.1, 0.15) is 6.54 Å². The maximum atomic E-state index is 12.8. The Morgan fingerprint density at radius 2 is 1.18 bits per heavy atom. The van der Waals surface area contributed by atoms with Gasteiger partial charge in [0.05, 0.1) is 11.1 Å². The van der Waals surface area contributed by atoms with Crippen LogP contribution in [0.15, 0.2) is 48.5 Å². The van der Waals surface area contributed by atoms with Crippen LogP contribution in [0.5, 0.6) is 0 Å². The van der Waals surface area contributed by atoms with Gasteiger partial charge in [-0.05, 0) is 61.0 Å². The second-order valence-electron chi connectivity index (χ2n) is 9.38. The predicted octanol–water partition coefficient (Wildman–Crippen LogP) is 2.44. The Hall–Kier alpha value is -3.60. The van der Waals surface area contributed by atoms with E-state index in [1.165, 1.54) is 0 Å². The zero-order chi connectivity index (χ0) is 28.5. The van der Waals surface area contributed by atoms with E-state index in [1.54, 1.807) is 0 Å². The Labute approximate surface area is 233 Å². The molecule has 0 aliphatic carbocycles. The van der Waals surface area contributed by atoms with Crippen LogP contribution < -0.4 is 27.6 Å². The molecule has 0 bridgehead atoms. The van der Waals surface area contributed by atoms with Gasteiger partial charge in [0, 0.05) is 55.1 Å². The summed E-state index contributed by atoms with van der Waals surface area (Å²) in [5, 5.41) is 5.55. The molecule has 4 rings (SSSR count). The van der Waals surface area contributed by atoms with Crippen LogP contribution in [-0.4, -0.2) is 11.8 Å². The summed E-state index contributed by atoms with van der Waals surface area (Å²) in [7, 11) is 0. The number of amides is 2. The standard InChI is InChI=1S/C28H25F6N3O2.ClH/c1-16-22(14-35-25(38)18-5-9-20(10-6-18)27(29,30)31)17(2)37-13-3-4-24(37)23(16)15-36-26(39)19-7-11-21(12-8-19)28(32,33)34;/h5-12H,3-4,13-15H2,1-2H3,(H-,35,36,38,39);1H. The molecule has 2 N–H and O–H groups in total. The number of benzene rings is 2. The molecule has 40 heavy (non-hydrogen) atoms. The Balaban J connectivity index is 0.00000441. The van der Waals surface area contributed by atoms with Crippen molar-refractivity contribution in [2.45, 2.75) is 58.7 Å². The molecular weight excluding hydrogens is 560 g/mol. The highest BCUT2D eigenvalue weighted by Crippen LogP contribution is 2.30. The number of halogens is 7. The summed E-state index contributed by atoms with van der Waals surface area (Å²) in [5.74, 6) is -1.04. The van der Waals surface area contributed by atoms with Gasteiger partial charge in [-0.15, -0.1) is 0 Å². The molecule has 0 spiro atoms. The van der Waals surface area contributed by atoms with Crippen LogP contribution in [0.2, 0.25) is 0 Å². The number of rotatable bonds is 6. The van der Waals surface area contributed by atoms with E-state index in [1.807, 2.05) is 13.8 Å². The Bertz CT molecular complexity index is 1400. The Morgan fingerprint density at radius 1 is 0.750 bits per heavy atom. The highest BCUT2D eigenvalue weighted by Gasteiger charge is 2.32. The van der Waals surface area contributed by atoms with Crippen molar-refractivity contribution in [3.8, 4) is 0 Å². The highest BCUT2D eigenvalue weighted by molar-refractivity contribution is 5.94. The van der Waals surface area contributed by atoms with E-state index in [0.717, 1.165) is 96.0 Å². The summed E-state index contributed by atoms with van der Waals surface area (Å²) in [5.41, 5.74) is 3.01. The molecule has 5 nitrogen and oxygen atoms in total. The third kappa shape index (κ3) is 6.57. The third-order valence-electron chi connectivity index (χ3n) is 7.02. The minimum absolute atomic E-state index is 0. The molecule has 0 unspecified atom stereocenters. The van der Waals surface area contributed by atoms with Crippen molar-refractivity contribution in [2.24, 2.45) is 0 Å². The maximum Gasteiger partial charge on any atom is 0.416 e. The molecule has 0 atom stereocenters. The van der Waals surface area contributed by atoms with Crippen LogP contribution in [-0.2, 0) is 38.4 Å². The number of nitrogens with zero attached hydrogens (tertiary/aromatic N) is 1. The molecule has 1 aliphatic heterocycles.